The fourth-order valence-corrected chi connectivity index (χ4v) is 4.73. The van der Waals surface area contributed by atoms with E-state index in [2.05, 4.69) is 15.6 Å². The molecule has 3 aromatic rings. The molecule has 1 aromatic heterocycles. The first-order valence-electron chi connectivity index (χ1n) is 12.3. The lowest BCUT2D eigenvalue weighted by molar-refractivity contribution is -0.126. The molecule has 0 radical (unpaired) electrons. The Morgan fingerprint density at radius 1 is 1.08 bits per heavy atom. The second-order valence-electron chi connectivity index (χ2n) is 9.41. The highest BCUT2D eigenvalue weighted by Gasteiger charge is 2.33. The van der Waals surface area contributed by atoms with E-state index < -0.39 is 0 Å². The van der Waals surface area contributed by atoms with Gasteiger partial charge in [-0.15, -0.1) is 5.10 Å². The molecular weight excluding hydrogens is 458 g/mol. The van der Waals surface area contributed by atoms with Gasteiger partial charge in [0, 0.05) is 25.6 Å². The standard InChI is InChI=1S/C27H31N5O4/c1-18-3-5-19(6-4-18)15-28-26(33)21-11-13-31(14-12-21)27(34)25-23-17-36-24(16-32(23)30-29-25)20-7-9-22(35-2)10-8-20/h3-10,21,24H,11-17H2,1-2H3,(H,28,33)/t24-/m0/s1. The summed E-state index contributed by atoms with van der Waals surface area (Å²) < 4.78 is 13.0. The number of hydrogen-bond donors (Lipinski definition) is 1. The van der Waals surface area contributed by atoms with Crippen molar-refractivity contribution in [1.82, 2.24) is 25.2 Å². The number of hydrogen-bond acceptors (Lipinski definition) is 6. The van der Waals surface area contributed by atoms with Crippen molar-refractivity contribution in [3.8, 4) is 5.75 Å². The van der Waals surface area contributed by atoms with Gasteiger partial charge in [0.2, 0.25) is 5.91 Å². The molecule has 2 aromatic carbocycles. The van der Waals surface area contributed by atoms with E-state index in [1.807, 2.05) is 55.5 Å². The fourth-order valence-electron chi connectivity index (χ4n) is 4.73. The monoisotopic (exact) mass is 489 g/mol. The van der Waals surface area contributed by atoms with E-state index in [9.17, 15) is 9.59 Å². The van der Waals surface area contributed by atoms with Gasteiger partial charge in [-0.3, -0.25) is 9.59 Å². The number of likely N-dealkylation sites (tertiary alicyclic amines) is 1. The molecule has 1 N–H and O–H groups in total. The number of aryl methyl sites for hydroxylation is 1. The van der Waals surface area contributed by atoms with Crippen LogP contribution >= 0.6 is 0 Å². The third kappa shape index (κ3) is 5.11. The first kappa shape index (κ1) is 24.0. The van der Waals surface area contributed by atoms with Gasteiger partial charge >= 0.3 is 0 Å². The Morgan fingerprint density at radius 2 is 1.81 bits per heavy atom. The van der Waals surface area contributed by atoms with Crippen molar-refractivity contribution < 1.29 is 19.1 Å². The lowest BCUT2D eigenvalue weighted by Crippen LogP contribution is -2.43. The number of amides is 2. The third-order valence-corrected chi connectivity index (χ3v) is 7.03. The number of carbonyl (C=O) groups excluding carboxylic acids is 2. The molecule has 0 spiro atoms. The van der Waals surface area contributed by atoms with Crippen molar-refractivity contribution >= 4 is 11.8 Å². The van der Waals surface area contributed by atoms with Crippen molar-refractivity contribution in [2.75, 3.05) is 20.2 Å². The van der Waals surface area contributed by atoms with Gasteiger partial charge in [-0.1, -0.05) is 47.2 Å². The second kappa shape index (κ2) is 10.5. The number of aromatic nitrogens is 3. The van der Waals surface area contributed by atoms with E-state index in [1.54, 1.807) is 16.7 Å². The Bertz CT molecular complexity index is 1210. The summed E-state index contributed by atoms with van der Waals surface area (Å²) in [4.78, 5) is 27.6. The van der Waals surface area contributed by atoms with Crippen molar-refractivity contribution in [2.45, 2.75) is 45.6 Å². The molecular formula is C27H31N5O4. The average Bonchev–Trinajstić information content (AvgIpc) is 3.35. The van der Waals surface area contributed by atoms with E-state index in [1.165, 1.54) is 5.56 Å². The molecule has 0 aliphatic carbocycles. The minimum atomic E-state index is -0.165. The number of fused-ring (bicyclic) bond motifs is 1. The predicted octanol–water partition coefficient (Wildman–Crippen LogP) is 3.04. The summed E-state index contributed by atoms with van der Waals surface area (Å²) in [6.45, 7) is 4.35. The molecule has 1 saturated heterocycles. The van der Waals surface area contributed by atoms with Gasteiger partial charge < -0.3 is 19.7 Å². The SMILES string of the molecule is COc1ccc([C@@H]2Cn3nnc(C(=O)N4CCC(C(=O)NCc5ccc(C)cc5)CC4)c3CO2)cc1. The van der Waals surface area contributed by atoms with E-state index in [0.717, 1.165) is 16.9 Å². The summed E-state index contributed by atoms with van der Waals surface area (Å²) in [7, 11) is 1.64. The summed E-state index contributed by atoms with van der Waals surface area (Å²) >= 11 is 0. The molecule has 2 aliphatic rings. The lowest BCUT2D eigenvalue weighted by Gasteiger charge is -2.31. The van der Waals surface area contributed by atoms with Gasteiger partial charge in [-0.2, -0.15) is 0 Å². The van der Waals surface area contributed by atoms with E-state index >= 15 is 0 Å². The predicted molar refractivity (Wildman–Crippen MR) is 132 cm³/mol. The van der Waals surface area contributed by atoms with Gasteiger partial charge in [0.1, 0.15) is 11.9 Å². The highest BCUT2D eigenvalue weighted by Crippen LogP contribution is 2.29. The smallest absolute Gasteiger partial charge is 0.276 e. The molecule has 1 fully saturated rings. The molecule has 3 heterocycles. The highest BCUT2D eigenvalue weighted by molar-refractivity contribution is 5.93. The summed E-state index contributed by atoms with van der Waals surface area (Å²) in [5.74, 6) is 0.585. The number of piperidine rings is 1. The minimum absolute atomic E-state index is 0.0432. The largest absolute Gasteiger partial charge is 0.497 e. The molecule has 2 aliphatic heterocycles. The summed E-state index contributed by atoms with van der Waals surface area (Å²) in [5.41, 5.74) is 4.33. The summed E-state index contributed by atoms with van der Waals surface area (Å²) in [6, 6.07) is 15.9. The number of nitrogens with zero attached hydrogens (tertiary/aromatic N) is 4. The van der Waals surface area contributed by atoms with Crippen LogP contribution in [0.25, 0.3) is 0 Å². The molecule has 1 atom stereocenters. The number of ether oxygens (including phenoxy) is 2. The Balaban J connectivity index is 1.15. The van der Waals surface area contributed by atoms with Crippen LogP contribution in [0.15, 0.2) is 48.5 Å². The zero-order valence-electron chi connectivity index (χ0n) is 20.6. The van der Waals surface area contributed by atoms with Crippen LogP contribution in [0.1, 0.15) is 51.8 Å². The zero-order valence-corrected chi connectivity index (χ0v) is 20.6. The quantitative estimate of drug-likeness (QED) is 0.572. The third-order valence-electron chi connectivity index (χ3n) is 7.03. The lowest BCUT2D eigenvalue weighted by atomic mass is 9.95. The first-order valence-corrected chi connectivity index (χ1v) is 12.3. The molecule has 188 valence electrons. The van der Waals surface area contributed by atoms with Crippen LogP contribution in [-0.4, -0.2) is 51.9 Å². The van der Waals surface area contributed by atoms with Crippen LogP contribution in [0.5, 0.6) is 5.75 Å². The zero-order chi connectivity index (χ0) is 25.1. The van der Waals surface area contributed by atoms with Crippen molar-refractivity contribution in [1.29, 1.82) is 0 Å². The van der Waals surface area contributed by atoms with Crippen LogP contribution in [0, 0.1) is 12.8 Å². The number of carbonyl (C=O) groups is 2. The highest BCUT2D eigenvalue weighted by atomic mass is 16.5. The van der Waals surface area contributed by atoms with Crippen molar-refractivity contribution in [2.24, 2.45) is 5.92 Å². The van der Waals surface area contributed by atoms with Gasteiger partial charge in [0.15, 0.2) is 5.69 Å². The van der Waals surface area contributed by atoms with Crippen molar-refractivity contribution in [3.63, 3.8) is 0 Å². The van der Waals surface area contributed by atoms with Gasteiger partial charge in [-0.25, -0.2) is 4.68 Å². The van der Waals surface area contributed by atoms with Crippen LogP contribution in [-0.2, 0) is 29.2 Å². The first-order chi connectivity index (χ1) is 17.5. The van der Waals surface area contributed by atoms with E-state index in [4.69, 9.17) is 9.47 Å². The summed E-state index contributed by atoms with van der Waals surface area (Å²) in [5, 5.41) is 11.5. The van der Waals surface area contributed by atoms with Gasteiger partial charge in [0.25, 0.3) is 5.91 Å². The molecule has 9 heteroatoms. The number of benzene rings is 2. The topological polar surface area (TPSA) is 98.6 Å². The molecule has 5 rings (SSSR count). The Hall–Kier alpha value is -3.72. The van der Waals surface area contributed by atoms with Crippen LogP contribution in [0.3, 0.4) is 0 Å². The number of rotatable bonds is 6. The van der Waals surface area contributed by atoms with Crippen LogP contribution in [0.4, 0.5) is 0 Å². The van der Waals surface area contributed by atoms with Crippen LogP contribution in [0.2, 0.25) is 0 Å². The summed E-state index contributed by atoms with van der Waals surface area (Å²) in [6.07, 6.45) is 1.10. The number of methoxy groups -OCH3 is 1. The average molecular weight is 490 g/mol. The molecule has 2 amide bonds. The molecule has 0 bridgehead atoms. The Labute approximate surface area is 210 Å². The molecule has 0 saturated carbocycles. The Kier molecular flexibility index (Phi) is 6.99. The molecule has 0 unspecified atom stereocenters. The number of nitrogens with one attached hydrogen (secondary N) is 1. The maximum Gasteiger partial charge on any atom is 0.276 e. The van der Waals surface area contributed by atoms with Gasteiger partial charge in [0.05, 0.1) is 26.0 Å². The fraction of sp³-hybridized carbons (Fsp3) is 0.407. The van der Waals surface area contributed by atoms with E-state index in [-0.39, 0.29) is 30.4 Å². The maximum absolute atomic E-state index is 13.2. The normalized spacial score (nSPS) is 17.9. The minimum Gasteiger partial charge on any atom is -0.497 e. The second-order valence-corrected chi connectivity index (χ2v) is 9.41. The van der Waals surface area contributed by atoms with E-state index in [0.29, 0.717) is 50.4 Å². The Morgan fingerprint density at radius 3 is 2.50 bits per heavy atom. The van der Waals surface area contributed by atoms with Crippen molar-refractivity contribution in [3.05, 3.63) is 76.6 Å². The van der Waals surface area contributed by atoms with Gasteiger partial charge in [-0.05, 0) is 43.0 Å². The van der Waals surface area contributed by atoms with Crippen LogP contribution < -0.4 is 10.1 Å². The molecule has 36 heavy (non-hydrogen) atoms. The molecule has 9 nitrogen and oxygen atoms in total. The maximum atomic E-state index is 13.2.